The van der Waals surface area contributed by atoms with Gasteiger partial charge in [-0.05, 0) is 0 Å². The third-order valence-electron chi connectivity index (χ3n) is 1.23. The van der Waals surface area contributed by atoms with Gasteiger partial charge in [0.2, 0.25) is 5.43 Å². The molecule has 0 bridgehead atoms. The molecule has 12 heavy (non-hydrogen) atoms. The Morgan fingerprint density at radius 3 is 2.58 bits per heavy atom. The molecule has 0 aliphatic rings. The van der Waals surface area contributed by atoms with Crippen LogP contribution in [0.3, 0.4) is 0 Å². The molecule has 0 aliphatic heterocycles. The molecule has 0 fully saturated rings. The minimum Gasteiger partial charge on any atom is -0.356 e. The molecule has 6 heteroatoms. The van der Waals surface area contributed by atoms with Gasteiger partial charge in [0.1, 0.15) is 10.7 Å². The van der Waals surface area contributed by atoms with Crippen molar-refractivity contribution in [3.63, 3.8) is 0 Å². The molecule has 1 aromatic rings. The third-order valence-corrected chi connectivity index (χ3v) is 1.51. The molecular weight excluding hydrogens is 195 g/mol. The van der Waals surface area contributed by atoms with E-state index in [-0.39, 0.29) is 0 Å². The number of aromatic nitrogens is 1. The van der Waals surface area contributed by atoms with Crippen LogP contribution in [0.5, 0.6) is 0 Å². The highest BCUT2D eigenvalue weighted by molar-refractivity contribution is 6.30. The highest BCUT2D eigenvalue weighted by atomic mass is 35.5. The molecule has 0 saturated heterocycles. The van der Waals surface area contributed by atoms with Crippen molar-refractivity contribution in [3.05, 3.63) is 33.0 Å². The monoisotopic (exact) mass is 197 g/mol. The van der Waals surface area contributed by atoms with Crippen LogP contribution in [0.2, 0.25) is 5.02 Å². The highest BCUT2D eigenvalue weighted by Gasteiger charge is 2.17. The summed E-state index contributed by atoms with van der Waals surface area (Å²) in [7, 11) is 0. The molecule has 0 saturated carbocycles. The standard InChI is InChI=1S/C6H3ClF3NO/c7-2-1-11-4(6(9)10)3(8)5(2)12/h1,6H,(H,11,12). The topological polar surface area (TPSA) is 32.9 Å². The number of pyridine rings is 1. The van der Waals surface area contributed by atoms with Crippen LogP contribution in [-0.2, 0) is 0 Å². The Balaban J connectivity index is 3.37. The lowest BCUT2D eigenvalue weighted by atomic mass is 10.3. The van der Waals surface area contributed by atoms with Crippen LogP contribution in [-0.4, -0.2) is 4.98 Å². The first-order valence-electron chi connectivity index (χ1n) is 2.88. The predicted octanol–water partition coefficient (Wildman–Crippen LogP) is 2.10. The van der Waals surface area contributed by atoms with Crippen LogP contribution in [0.15, 0.2) is 11.0 Å². The largest absolute Gasteiger partial charge is 0.356 e. The molecule has 1 aromatic heterocycles. The molecule has 0 radical (unpaired) electrons. The third kappa shape index (κ3) is 1.45. The lowest BCUT2D eigenvalue weighted by Gasteiger charge is -2.00. The number of nitrogens with one attached hydrogen (secondary N) is 1. The maximum Gasteiger partial charge on any atom is 0.281 e. The van der Waals surface area contributed by atoms with Crippen LogP contribution in [0.4, 0.5) is 13.2 Å². The first kappa shape index (κ1) is 9.12. The number of halogens is 4. The normalized spacial score (nSPS) is 10.8. The van der Waals surface area contributed by atoms with Gasteiger partial charge in [0, 0.05) is 6.20 Å². The quantitative estimate of drug-likeness (QED) is 0.735. The van der Waals surface area contributed by atoms with Crippen molar-refractivity contribution in [3.8, 4) is 0 Å². The first-order chi connectivity index (χ1) is 5.54. The Bertz CT molecular complexity index is 349. The highest BCUT2D eigenvalue weighted by Crippen LogP contribution is 2.18. The summed E-state index contributed by atoms with van der Waals surface area (Å²) >= 11 is 5.16. The van der Waals surface area contributed by atoms with Crippen LogP contribution >= 0.6 is 11.6 Å². The van der Waals surface area contributed by atoms with E-state index >= 15 is 0 Å². The number of hydrogen-bond donors (Lipinski definition) is 1. The molecule has 0 amide bonds. The van der Waals surface area contributed by atoms with Gasteiger partial charge in [0.15, 0.2) is 5.82 Å². The smallest absolute Gasteiger partial charge is 0.281 e. The maximum atomic E-state index is 12.6. The van der Waals surface area contributed by atoms with Crippen LogP contribution in [0.1, 0.15) is 12.1 Å². The lowest BCUT2D eigenvalue weighted by Crippen LogP contribution is -2.12. The van der Waals surface area contributed by atoms with Gasteiger partial charge in [-0.1, -0.05) is 11.6 Å². The van der Waals surface area contributed by atoms with Gasteiger partial charge >= 0.3 is 0 Å². The van der Waals surface area contributed by atoms with Crippen molar-refractivity contribution >= 4 is 11.6 Å². The summed E-state index contributed by atoms with van der Waals surface area (Å²) < 4.78 is 36.4. The molecular formula is C6H3ClF3NO. The number of alkyl halides is 2. The van der Waals surface area contributed by atoms with E-state index in [4.69, 9.17) is 11.6 Å². The Hall–Kier alpha value is -0.970. The molecule has 1 rings (SSSR count). The summed E-state index contributed by atoms with van der Waals surface area (Å²) in [5, 5.41) is -0.447. The lowest BCUT2D eigenvalue weighted by molar-refractivity contribution is 0.140. The summed E-state index contributed by atoms with van der Waals surface area (Å²) in [5.74, 6) is -1.53. The molecule has 0 aromatic carbocycles. The summed E-state index contributed by atoms with van der Waals surface area (Å²) in [6.07, 6.45) is -2.22. The molecule has 0 spiro atoms. The zero-order valence-corrected chi connectivity index (χ0v) is 6.33. The van der Waals surface area contributed by atoms with Crippen LogP contribution < -0.4 is 5.43 Å². The van der Waals surface area contributed by atoms with E-state index in [1.54, 1.807) is 0 Å². The summed E-state index contributed by atoms with van der Waals surface area (Å²) in [6.45, 7) is 0. The number of hydrogen-bond acceptors (Lipinski definition) is 1. The van der Waals surface area contributed by atoms with Crippen molar-refractivity contribution < 1.29 is 13.2 Å². The average Bonchev–Trinajstić information content (AvgIpc) is 2.00. The first-order valence-corrected chi connectivity index (χ1v) is 3.26. The van der Waals surface area contributed by atoms with Gasteiger partial charge in [-0.3, -0.25) is 4.79 Å². The van der Waals surface area contributed by atoms with E-state index in [0.29, 0.717) is 0 Å². The van der Waals surface area contributed by atoms with Gasteiger partial charge in [0.25, 0.3) is 6.43 Å². The Kier molecular flexibility index (Phi) is 2.42. The zero-order valence-electron chi connectivity index (χ0n) is 5.57. The maximum absolute atomic E-state index is 12.6. The average molecular weight is 198 g/mol. The summed E-state index contributed by atoms with van der Waals surface area (Å²) in [6, 6.07) is 0. The van der Waals surface area contributed by atoms with E-state index in [1.807, 2.05) is 4.98 Å². The number of aromatic amines is 1. The SMILES string of the molecule is O=c1c(Cl)c[nH]c(C(F)F)c1F. The molecule has 66 valence electrons. The number of H-pyrrole nitrogens is 1. The summed E-state index contributed by atoms with van der Waals surface area (Å²) in [4.78, 5) is 12.5. The summed E-state index contributed by atoms with van der Waals surface area (Å²) in [5.41, 5.74) is -2.25. The second-order valence-electron chi connectivity index (χ2n) is 1.99. The minimum absolute atomic E-state index is 0.447. The Labute approximate surface area is 70.0 Å². The van der Waals surface area contributed by atoms with Crippen LogP contribution in [0.25, 0.3) is 0 Å². The molecule has 1 N–H and O–H groups in total. The Morgan fingerprint density at radius 1 is 1.50 bits per heavy atom. The van der Waals surface area contributed by atoms with Gasteiger partial charge in [-0.15, -0.1) is 0 Å². The van der Waals surface area contributed by atoms with Crippen molar-refractivity contribution in [1.29, 1.82) is 0 Å². The molecule has 2 nitrogen and oxygen atoms in total. The predicted molar refractivity (Wildman–Crippen MR) is 37.0 cm³/mol. The minimum atomic E-state index is -3.05. The van der Waals surface area contributed by atoms with E-state index in [9.17, 15) is 18.0 Å². The van der Waals surface area contributed by atoms with E-state index in [2.05, 4.69) is 0 Å². The second-order valence-corrected chi connectivity index (χ2v) is 2.40. The molecule has 0 unspecified atom stereocenters. The molecule has 1 heterocycles. The fourth-order valence-corrected chi connectivity index (χ4v) is 0.793. The van der Waals surface area contributed by atoms with Gasteiger partial charge < -0.3 is 4.98 Å². The fourth-order valence-electron chi connectivity index (χ4n) is 0.656. The second kappa shape index (κ2) is 3.18. The van der Waals surface area contributed by atoms with E-state index in [0.717, 1.165) is 6.20 Å². The van der Waals surface area contributed by atoms with E-state index in [1.165, 1.54) is 0 Å². The van der Waals surface area contributed by atoms with Gasteiger partial charge in [-0.25, -0.2) is 13.2 Å². The van der Waals surface area contributed by atoms with Crippen molar-refractivity contribution in [2.45, 2.75) is 6.43 Å². The van der Waals surface area contributed by atoms with Gasteiger partial charge in [0.05, 0.1) is 0 Å². The molecule has 0 aliphatic carbocycles. The van der Waals surface area contributed by atoms with E-state index < -0.39 is 28.4 Å². The zero-order chi connectivity index (χ0) is 9.30. The molecule has 0 atom stereocenters. The number of rotatable bonds is 1. The van der Waals surface area contributed by atoms with Gasteiger partial charge in [-0.2, -0.15) is 0 Å². The van der Waals surface area contributed by atoms with Crippen molar-refractivity contribution in [2.75, 3.05) is 0 Å². The Morgan fingerprint density at radius 2 is 2.08 bits per heavy atom. The van der Waals surface area contributed by atoms with Crippen LogP contribution in [0, 0.1) is 5.82 Å². The van der Waals surface area contributed by atoms with Crippen molar-refractivity contribution in [1.82, 2.24) is 4.98 Å². The fraction of sp³-hybridized carbons (Fsp3) is 0.167. The van der Waals surface area contributed by atoms with Crippen molar-refractivity contribution in [2.24, 2.45) is 0 Å².